The zero-order valence-corrected chi connectivity index (χ0v) is 10.7. The first-order valence-electron chi connectivity index (χ1n) is 5.06. The fourth-order valence-corrected chi connectivity index (χ4v) is 1.81. The van der Waals surface area contributed by atoms with Crippen molar-refractivity contribution in [3.05, 3.63) is 52.4 Å². The fourth-order valence-electron chi connectivity index (χ4n) is 1.37. The SMILES string of the molecule is Nc1cccc(C(=O)Nc2c(F)cccc2Br)n1. The van der Waals surface area contributed by atoms with Gasteiger partial charge >= 0.3 is 0 Å². The Bertz CT molecular complexity index is 583. The monoisotopic (exact) mass is 309 g/mol. The minimum Gasteiger partial charge on any atom is -0.384 e. The van der Waals surface area contributed by atoms with Crippen LogP contribution in [0, 0.1) is 5.82 Å². The van der Waals surface area contributed by atoms with E-state index < -0.39 is 11.7 Å². The van der Waals surface area contributed by atoms with Crippen LogP contribution in [0.1, 0.15) is 10.5 Å². The molecule has 0 spiro atoms. The van der Waals surface area contributed by atoms with Gasteiger partial charge in [-0.1, -0.05) is 12.1 Å². The zero-order valence-electron chi connectivity index (χ0n) is 9.15. The van der Waals surface area contributed by atoms with Crippen molar-refractivity contribution in [3.63, 3.8) is 0 Å². The van der Waals surface area contributed by atoms with E-state index in [4.69, 9.17) is 5.73 Å². The molecule has 6 heteroatoms. The minimum atomic E-state index is -0.526. The first-order valence-corrected chi connectivity index (χ1v) is 5.85. The highest BCUT2D eigenvalue weighted by Gasteiger charge is 2.13. The lowest BCUT2D eigenvalue weighted by molar-refractivity contribution is 0.102. The van der Waals surface area contributed by atoms with E-state index in [0.717, 1.165) is 0 Å². The van der Waals surface area contributed by atoms with Gasteiger partial charge in [-0.05, 0) is 40.2 Å². The Kier molecular flexibility index (Phi) is 3.57. The molecule has 0 saturated heterocycles. The van der Waals surface area contributed by atoms with Gasteiger partial charge in [-0.3, -0.25) is 4.79 Å². The molecule has 0 aliphatic heterocycles. The first kappa shape index (κ1) is 12.5. The molecule has 0 bridgehead atoms. The van der Waals surface area contributed by atoms with Crippen LogP contribution < -0.4 is 11.1 Å². The number of pyridine rings is 1. The van der Waals surface area contributed by atoms with Gasteiger partial charge in [-0.25, -0.2) is 9.37 Å². The maximum atomic E-state index is 13.5. The van der Waals surface area contributed by atoms with Gasteiger partial charge in [0.1, 0.15) is 17.3 Å². The topological polar surface area (TPSA) is 68.0 Å². The van der Waals surface area contributed by atoms with Crippen molar-refractivity contribution < 1.29 is 9.18 Å². The second kappa shape index (κ2) is 5.14. The lowest BCUT2D eigenvalue weighted by atomic mass is 10.2. The van der Waals surface area contributed by atoms with Crippen LogP contribution in [0.2, 0.25) is 0 Å². The van der Waals surface area contributed by atoms with Crippen molar-refractivity contribution in [2.24, 2.45) is 0 Å². The van der Waals surface area contributed by atoms with Gasteiger partial charge in [0.05, 0.1) is 5.69 Å². The molecule has 2 aromatic rings. The molecule has 0 atom stereocenters. The molecule has 92 valence electrons. The minimum absolute atomic E-state index is 0.0757. The molecule has 1 aromatic carbocycles. The van der Waals surface area contributed by atoms with Gasteiger partial charge in [0.25, 0.3) is 5.91 Å². The molecule has 2 rings (SSSR count). The number of benzene rings is 1. The average molecular weight is 310 g/mol. The highest BCUT2D eigenvalue weighted by atomic mass is 79.9. The van der Waals surface area contributed by atoms with Gasteiger partial charge in [0, 0.05) is 4.47 Å². The summed E-state index contributed by atoms with van der Waals surface area (Å²) in [6.07, 6.45) is 0. The van der Waals surface area contributed by atoms with Gasteiger partial charge in [0.15, 0.2) is 0 Å². The number of nitrogens with zero attached hydrogens (tertiary/aromatic N) is 1. The van der Waals surface area contributed by atoms with Crippen molar-refractivity contribution >= 4 is 33.3 Å². The van der Waals surface area contributed by atoms with Crippen molar-refractivity contribution in [2.75, 3.05) is 11.1 Å². The Morgan fingerprint density at radius 3 is 2.67 bits per heavy atom. The van der Waals surface area contributed by atoms with E-state index in [1.807, 2.05) is 0 Å². The lowest BCUT2D eigenvalue weighted by Gasteiger charge is -2.08. The number of hydrogen-bond donors (Lipinski definition) is 2. The molecular weight excluding hydrogens is 301 g/mol. The number of halogens is 2. The Morgan fingerprint density at radius 2 is 2.00 bits per heavy atom. The van der Waals surface area contributed by atoms with E-state index >= 15 is 0 Å². The number of hydrogen-bond acceptors (Lipinski definition) is 3. The summed E-state index contributed by atoms with van der Waals surface area (Å²) >= 11 is 3.16. The molecule has 4 nitrogen and oxygen atoms in total. The standard InChI is InChI=1S/C12H9BrFN3O/c13-7-3-1-4-8(14)11(7)17-12(18)9-5-2-6-10(15)16-9/h1-6H,(H2,15,16)(H,17,18). The number of anilines is 2. The number of aromatic nitrogens is 1. The highest BCUT2D eigenvalue weighted by Crippen LogP contribution is 2.25. The van der Waals surface area contributed by atoms with E-state index in [1.54, 1.807) is 18.2 Å². The van der Waals surface area contributed by atoms with Crippen LogP contribution in [0.25, 0.3) is 0 Å². The summed E-state index contributed by atoms with van der Waals surface area (Å²) in [7, 11) is 0. The van der Waals surface area contributed by atoms with Gasteiger partial charge < -0.3 is 11.1 Å². The van der Waals surface area contributed by atoms with Crippen LogP contribution in [-0.2, 0) is 0 Å². The second-order valence-electron chi connectivity index (χ2n) is 3.50. The van der Waals surface area contributed by atoms with Crippen LogP contribution in [0.3, 0.4) is 0 Å². The van der Waals surface area contributed by atoms with Crippen molar-refractivity contribution in [2.45, 2.75) is 0 Å². The summed E-state index contributed by atoms with van der Waals surface area (Å²) < 4.78 is 14.0. The Hall–Kier alpha value is -1.95. The third-order valence-corrected chi connectivity index (χ3v) is 2.87. The molecule has 0 fully saturated rings. The van der Waals surface area contributed by atoms with E-state index in [2.05, 4.69) is 26.2 Å². The largest absolute Gasteiger partial charge is 0.384 e. The quantitative estimate of drug-likeness (QED) is 0.896. The van der Waals surface area contributed by atoms with Crippen molar-refractivity contribution in [3.8, 4) is 0 Å². The fraction of sp³-hybridized carbons (Fsp3) is 0. The van der Waals surface area contributed by atoms with E-state index in [0.29, 0.717) is 4.47 Å². The molecule has 0 unspecified atom stereocenters. The molecule has 1 heterocycles. The third kappa shape index (κ3) is 2.65. The number of nitrogens with two attached hydrogens (primary N) is 1. The zero-order chi connectivity index (χ0) is 13.1. The summed E-state index contributed by atoms with van der Waals surface area (Å²) in [5.41, 5.74) is 5.68. The van der Waals surface area contributed by atoms with Crippen molar-refractivity contribution in [1.82, 2.24) is 4.98 Å². The van der Waals surface area contributed by atoms with E-state index in [9.17, 15) is 9.18 Å². The molecule has 3 N–H and O–H groups in total. The Balaban J connectivity index is 2.27. The summed E-state index contributed by atoms with van der Waals surface area (Å²) in [5, 5.41) is 2.44. The van der Waals surface area contributed by atoms with E-state index in [-0.39, 0.29) is 17.2 Å². The number of nitrogens with one attached hydrogen (secondary N) is 1. The smallest absolute Gasteiger partial charge is 0.274 e. The molecule has 0 aliphatic carbocycles. The summed E-state index contributed by atoms with van der Waals surface area (Å²) in [4.78, 5) is 15.7. The first-order chi connectivity index (χ1) is 8.58. The Morgan fingerprint density at radius 1 is 1.28 bits per heavy atom. The number of carbonyl (C=O) groups is 1. The number of para-hydroxylation sites is 1. The maximum Gasteiger partial charge on any atom is 0.274 e. The molecule has 1 amide bonds. The molecule has 0 aliphatic rings. The molecule has 0 radical (unpaired) electrons. The van der Waals surface area contributed by atoms with Crippen LogP contribution in [0.5, 0.6) is 0 Å². The van der Waals surface area contributed by atoms with Crippen LogP contribution in [-0.4, -0.2) is 10.9 Å². The van der Waals surface area contributed by atoms with Crippen molar-refractivity contribution in [1.29, 1.82) is 0 Å². The van der Waals surface area contributed by atoms with Crippen LogP contribution in [0.15, 0.2) is 40.9 Å². The Labute approximate surface area is 111 Å². The number of nitrogen functional groups attached to an aromatic ring is 1. The molecule has 0 saturated carbocycles. The molecule has 1 aromatic heterocycles. The number of carbonyl (C=O) groups excluding carboxylic acids is 1. The lowest BCUT2D eigenvalue weighted by Crippen LogP contribution is -2.15. The highest BCUT2D eigenvalue weighted by molar-refractivity contribution is 9.10. The van der Waals surface area contributed by atoms with Gasteiger partial charge in [-0.2, -0.15) is 0 Å². The molecule has 18 heavy (non-hydrogen) atoms. The van der Waals surface area contributed by atoms with Gasteiger partial charge in [0.2, 0.25) is 0 Å². The second-order valence-corrected chi connectivity index (χ2v) is 4.35. The summed E-state index contributed by atoms with van der Waals surface area (Å²) in [6, 6.07) is 9.09. The molecular formula is C12H9BrFN3O. The number of rotatable bonds is 2. The predicted octanol–water partition coefficient (Wildman–Crippen LogP) is 2.82. The predicted molar refractivity (Wildman–Crippen MR) is 70.7 cm³/mol. The van der Waals surface area contributed by atoms with Crippen LogP contribution >= 0.6 is 15.9 Å². The van der Waals surface area contributed by atoms with Crippen LogP contribution in [0.4, 0.5) is 15.9 Å². The van der Waals surface area contributed by atoms with Gasteiger partial charge in [-0.15, -0.1) is 0 Å². The van der Waals surface area contributed by atoms with E-state index in [1.165, 1.54) is 18.2 Å². The number of amides is 1. The summed E-state index contributed by atoms with van der Waals surface area (Å²) in [5.74, 6) is -0.815. The third-order valence-electron chi connectivity index (χ3n) is 2.20. The summed E-state index contributed by atoms with van der Waals surface area (Å²) in [6.45, 7) is 0. The average Bonchev–Trinajstić information content (AvgIpc) is 2.34. The maximum absolute atomic E-state index is 13.5. The normalized spacial score (nSPS) is 10.1.